The Morgan fingerprint density at radius 3 is 1.79 bits per heavy atom. The van der Waals surface area contributed by atoms with Gasteiger partial charge in [0.05, 0.1) is 0 Å². The monoisotopic (exact) mass is 524 g/mol. The van der Waals surface area contributed by atoms with Gasteiger partial charge in [0.15, 0.2) is 11.6 Å². The van der Waals surface area contributed by atoms with E-state index in [-0.39, 0.29) is 12.0 Å². The fourth-order valence-corrected chi connectivity index (χ4v) is 10.1. The molecule has 0 aliphatic heterocycles. The Bertz CT molecular complexity index is 1240. The zero-order valence-corrected chi connectivity index (χ0v) is 17.9. The molecule has 0 bridgehead atoms. The zero-order chi connectivity index (χ0) is 20.4. The summed E-state index contributed by atoms with van der Waals surface area (Å²) < 4.78 is 61.2. The molecule has 29 heavy (non-hydrogen) atoms. The van der Waals surface area contributed by atoms with Crippen LogP contribution >= 0.6 is 0 Å². The molecular formula is C22H15F2IO3S+. The van der Waals surface area contributed by atoms with Crippen LogP contribution in [-0.2, 0) is 12.6 Å². The van der Waals surface area contributed by atoms with E-state index in [4.69, 9.17) is 2.51 Å². The highest BCUT2D eigenvalue weighted by molar-refractivity contribution is 7.86. The topological polar surface area (TPSA) is 43.4 Å². The van der Waals surface area contributed by atoms with Gasteiger partial charge in [0.2, 0.25) is 7.14 Å². The summed E-state index contributed by atoms with van der Waals surface area (Å²) in [5, 5.41) is 1.22. The fourth-order valence-electron chi connectivity index (χ4n) is 2.87. The van der Waals surface area contributed by atoms with E-state index in [1.165, 1.54) is 42.5 Å². The average molecular weight is 524 g/mol. The van der Waals surface area contributed by atoms with Crippen molar-refractivity contribution in [2.45, 2.75) is 4.90 Å². The number of benzene rings is 4. The maximum Gasteiger partial charge on any atom is 0.336 e. The molecule has 0 aromatic heterocycles. The van der Waals surface area contributed by atoms with Crippen molar-refractivity contribution in [3.63, 3.8) is 0 Å². The second-order valence-electron chi connectivity index (χ2n) is 6.07. The second kappa shape index (κ2) is 8.17. The summed E-state index contributed by atoms with van der Waals surface area (Å²) in [7, 11) is -4.28. The van der Waals surface area contributed by atoms with E-state index in [1.54, 1.807) is 48.5 Å². The molecule has 4 aromatic rings. The Labute approximate surface area is 175 Å². The largest absolute Gasteiger partial charge is 0.336 e. The van der Waals surface area contributed by atoms with E-state index in [0.29, 0.717) is 5.39 Å². The summed E-state index contributed by atoms with van der Waals surface area (Å²) in [6.45, 7) is 0. The molecule has 1 radical (unpaired) electrons. The van der Waals surface area contributed by atoms with E-state index < -0.39 is 42.0 Å². The number of halogens is 3. The van der Waals surface area contributed by atoms with Gasteiger partial charge in [-0.2, -0.15) is 8.42 Å². The molecule has 0 saturated heterocycles. The Hall–Kier alpha value is -2.36. The molecule has 0 aliphatic rings. The molecule has 0 heterocycles. The first-order valence-electron chi connectivity index (χ1n) is 8.59. The van der Waals surface area contributed by atoms with Gasteiger partial charge in [-0.1, -0.05) is 60.7 Å². The summed E-state index contributed by atoms with van der Waals surface area (Å²) in [4.78, 5) is -0.0226. The van der Waals surface area contributed by atoms with Crippen LogP contribution in [-0.4, -0.2) is 8.42 Å². The lowest BCUT2D eigenvalue weighted by Gasteiger charge is -2.09. The maximum absolute atomic E-state index is 14.5. The number of hydrogen-bond acceptors (Lipinski definition) is 3. The SMILES string of the molecule is O=S(=O)(O[I+](c1ccccc1F)c1ccccc1F)c1cccc2ccccc12. The zero-order valence-electron chi connectivity index (χ0n) is 14.9. The van der Waals surface area contributed by atoms with Gasteiger partial charge < -0.3 is 0 Å². The molecule has 0 saturated carbocycles. The predicted molar refractivity (Wildman–Crippen MR) is 102 cm³/mol. The van der Waals surface area contributed by atoms with Crippen LogP contribution in [0.3, 0.4) is 0 Å². The van der Waals surface area contributed by atoms with E-state index in [1.807, 2.05) is 0 Å². The minimum absolute atomic E-state index is 0.0226. The van der Waals surface area contributed by atoms with E-state index in [9.17, 15) is 17.2 Å². The highest BCUT2D eigenvalue weighted by Crippen LogP contribution is 2.23. The van der Waals surface area contributed by atoms with Crippen molar-refractivity contribution >= 4 is 20.9 Å². The van der Waals surface area contributed by atoms with Gasteiger partial charge in [0.25, 0.3) is 0 Å². The molecule has 0 N–H and O–H groups in total. The smallest absolute Gasteiger partial charge is 0.202 e. The van der Waals surface area contributed by atoms with E-state index in [0.717, 1.165) is 5.39 Å². The summed E-state index contributed by atoms with van der Waals surface area (Å²) in [5.41, 5.74) is 0. The molecule has 7 heteroatoms. The van der Waals surface area contributed by atoms with Crippen LogP contribution in [0.5, 0.6) is 0 Å². The summed E-state index contributed by atoms with van der Waals surface area (Å²) in [5.74, 6) is -1.23. The highest BCUT2D eigenvalue weighted by Gasteiger charge is 2.42. The highest BCUT2D eigenvalue weighted by atomic mass is 127. The van der Waals surface area contributed by atoms with Crippen LogP contribution in [0.2, 0.25) is 0 Å². The first-order valence-corrected chi connectivity index (χ1v) is 13.0. The standard InChI is InChI=1S/C22H15F2IO3S/c23-18-11-3-5-13-20(18)25(21-14-6-4-12-19(21)24)28-29(26,27)22-15-7-9-16-8-1-2-10-17(16)22/h1-15H/q+1. The van der Waals surface area contributed by atoms with Gasteiger partial charge in [-0.3, -0.25) is 0 Å². The van der Waals surface area contributed by atoms with Gasteiger partial charge in [-0.05, 0) is 38.2 Å². The van der Waals surface area contributed by atoms with Gasteiger partial charge >= 0.3 is 30.4 Å². The van der Waals surface area contributed by atoms with Crippen LogP contribution in [0.25, 0.3) is 10.8 Å². The minimum Gasteiger partial charge on any atom is -0.202 e. The molecule has 0 unspecified atom stereocenters. The van der Waals surface area contributed by atoms with Crippen LogP contribution in [0.15, 0.2) is 95.9 Å². The maximum atomic E-state index is 14.5. The molecule has 0 atom stereocenters. The molecule has 0 aliphatic carbocycles. The number of hydrogen-bond donors (Lipinski definition) is 0. The lowest BCUT2D eigenvalue weighted by molar-refractivity contribution is -1.03. The normalized spacial score (nSPS) is 11.8. The summed E-state index contributed by atoms with van der Waals surface area (Å²) in [6.07, 6.45) is 0. The number of rotatable bonds is 5. The quantitative estimate of drug-likeness (QED) is 0.376. The van der Waals surface area contributed by atoms with E-state index >= 15 is 0 Å². The molecule has 0 spiro atoms. The molecular weight excluding hydrogens is 509 g/mol. The molecule has 3 nitrogen and oxygen atoms in total. The van der Waals surface area contributed by atoms with Gasteiger partial charge in [-0.15, -0.1) is 0 Å². The van der Waals surface area contributed by atoms with Crippen molar-refractivity contribution in [2.75, 3.05) is 0 Å². The van der Waals surface area contributed by atoms with Crippen LogP contribution < -0.4 is 20.2 Å². The van der Waals surface area contributed by atoms with Gasteiger partial charge in [0.1, 0.15) is 4.90 Å². The molecule has 0 fully saturated rings. The molecule has 4 aromatic carbocycles. The first kappa shape index (κ1) is 19.9. The van der Waals surface area contributed by atoms with Crippen molar-refractivity contribution < 1.29 is 39.9 Å². The Kier molecular flexibility index (Phi) is 5.62. The van der Waals surface area contributed by atoms with Crippen molar-refractivity contribution in [3.8, 4) is 0 Å². The third kappa shape index (κ3) is 4.03. The summed E-state index contributed by atoms with van der Waals surface area (Å²) >= 11 is -3.47. The van der Waals surface area contributed by atoms with Gasteiger partial charge in [0, 0.05) is 5.39 Å². The van der Waals surface area contributed by atoms with Crippen LogP contribution in [0.1, 0.15) is 0 Å². The fraction of sp³-hybridized carbons (Fsp3) is 0. The van der Waals surface area contributed by atoms with Crippen molar-refractivity contribution in [1.82, 2.24) is 0 Å². The molecule has 0 amide bonds. The van der Waals surface area contributed by atoms with Crippen molar-refractivity contribution in [1.29, 1.82) is 0 Å². The van der Waals surface area contributed by atoms with Crippen molar-refractivity contribution in [2.24, 2.45) is 0 Å². The lowest BCUT2D eigenvalue weighted by atomic mass is 10.1. The first-order chi connectivity index (χ1) is 14.0. The van der Waals surface area contributed by atoms with Crippen molar-refractivity contribution in [3.05, 3.63) is 110 Å². The lowest BCUT2D eigenvalue weighted by Crippen LogP contribution is -3.86. The van der Waals surface area contributed by atoms with E-state index in [2.05, 4.69) is 0 Å². The third-order valence-corrected chi connectivity index (χ3v) is 11.7. The van der Waals surface area contributed by atoms with Gasteiger partial charge in [-0.25, -0.2) is 8.78 Å². The van der Waals surface area contributed by atoms with Crippen LogP contribution in [0, 0.1) is 18.8 Å². The average Bonchev–Trinajstić information content (AvgIpc) is 2.73. The predicted octanol–water partition coefficient (Wildman–Crippen LogP) is 2.10. The Morgan fingerprint density at radius 1 is 0.655 bits per heavy atom. The Morgan fingerprint density at radius 2 is 1.17 bits per heavy atom. The molecule has 4 rings (SSSR count). The summed E-state index contributed by atoms with van der Waals surface area (Å²) in [6, 6.07) is 23.3. The number of fused-ring (bicyclic) bond motifs is 1. The third-order valence-electron chi connectivity index (χ3n) is 4.18. The Balaban J connectivity index is 1.86. The van der Waals surface area contributed by atoms with Crippen LogP contribution in [0.4, 0.5) is 8.78 Å². The minimum atomic E-state index is -4.28. The second-order valence-corrected chi connectivity index (χ2v) is 12.4. The molecule has 147 valence electrons.